The second kappa shape index (κ2) is 10.2. The summed E-state index contributed by atoms with van der Waals surface area (Å²) in [5.74, 6) is -0.0378. The third kappa shape index (κ3) is 4.95. The van der Waals surface area contributed by atoms with E-state index in [4.69, 9.17) is 11.6 Å². The van der Waals surface area contributed by atoms with Gasteiger partial charge < -0.3 is 10.2 Å². The minimum atomic E-state index is -0.130. The van der Waals surface area contributed by atoms with Gasteiger partial charge in [0.15, 0.2) is 0 Å². The third-order valence-electron chi connectivity index (χ3n) is 6.71. The zero-order chi connectivity index (χ0) is 23.9. The van der Waals surface area contributed by atoms with Crippen LogP contribution in [0.2, 0.25) is 5.28 Å². The van der Waals surface area contributed by atoms with E-state index >= 15 is 0 Å². The fourth-order valence-corrected chi connectivity index (χ4v) is 6.00. The summed E-state index contributed by atoms with van der Waals surface area (Å²) in [7, 11) is 1.65. The SMILES string of the molecule is CNC(=O)C1CCC(n2c(Cl)nc3c(c2=O)C[C@@H](C)N(C(=O)c2ccc(I)c(I)c2)C3)CC1. The highest BCUT2D eigenvalue weighted by Gasteiger charge is 2.34. The van der Waals surface area contributed by atoms with Crippen LogP contribution in [0, 0.1) is 13.1 Å². The van der Waals surface area contributed by atoms with E-state index in [0.29, 0.717) is 36.1 Å². The normalized spacial score (nSPS) is 22.6. The molecule has 4 rings (SSSR count). The van der Waals surface area contributed by atoms with E-state index in [0.717, 1.165) is 20.0 Å². The molecule has 2 aromatic rings. The number of carbonyl (C=O) groups is 2. The largest absolute Gasteiger partial charge is 0.359 e. The van der Waals surface area contributed by atoms with Gasteiger partial charge in [-0.15, -0.1) is 0 Å². The van der Waals surface area contributed by atoms with Gasteiger partial charge in [-0.25, -0.2) is 4.98 Å². The molecule has 2 amide bonds. The fraction of sp³-hybridized carbons (Fsp3) is 0.478. The lowest BCUT2D eigenvalue weighted by Crippen LogP contribution is -2.46. The van der Waals surface area contributed by atoms with Crippen molar-refractivity contribution >= 4 is 68.6 Å². The van der Waals surface area contributed by atoms with Gasteiger partial charge in [-0.2, -0.15) is 0 Å². The minimum Gasteiger partial charge on any atom is -0.359 e. The maximum Gasteiger partial charge on any atom is 0.258 e. The first-order valence-corrected chi connectivity index (χ1v) is 13.5. The predicted molar refractivity (Wildman–Crippen MR) is 143 cm³/mol. The molecule has 33 heavy (non-hydrogen) atoms. The summed E-state index contributed by atoms with van der Waals surface area (Å²) >= 11 is 11.0. The summed E-state index contributed by atoms with van der Waals surface area (Å²) in [6, 6.07) is 5.47. The van der Waals surface area contributed by atoms with Crippen molar-refractivity contribution in [2.45, 2.75) is 57.7 Å². The summed E-state index contributed by atoms with van der Waals surface area (Å²) in [6.07, 6.45) is 3.31. The van der Waals surface area contributed by atoms with Crippen LogP contribution in [0.25, 0.3) is 0 Å². The molecular formula is C23H25ClI2N4O3. The molecule has 10 heteroatoms. The van der Waals surface area contributed by atoms with E-state index in [1.165, 1.54) is 0 Å². The van der Waals surface area contributed by atoms with Crippen LogP contribution < -0.4 is 10.9 Å². The van der Waals surface area contributed by atoms with Crippen LogP contribution in [0.3, 0.4) is 0 Å². The molecule has 1 aliphatic carbocycles. The molecule has 0 radical (unpaired) electrons. The maximum absolute atomic E-state index is 13.4. The number of halogens is 3. The summed E-state index contributed by atoms with van der Waals surface area (Å²) in [4.78, 5) is 44.9. The maximum atomic E-state index is 13.4. The summed E-state index contributed by atoms with van der Waals surface area (Å²) in [5, 5.41) is 2.87. The van der Waals surface area contributed by atoms with Crippen molar-refractivity contribution in [3.63, 3.8) is 0 Å². The Morgan fingerprint density at radius 1 is 1.15 bits per heavy atom. The molecule has 0 saturated heterocycles. The van der Waals surface area contributed by atoms with E-state index in [2.05, 4.69) is 55.5 Å². The summed E-state index contributed by atoms with van der Waals surface area (Å²) in [5.41, 5.74) is 1.73. The van der Waals surface area contributed by atoms with E-state index in [1.54, 1.807) is 16.5 Å². The number of hydrogen-bond acceptors (Lipinski definition) is 4. The Labute approximate surface area is 224 Å². The Balaban J connectivity index is 1.58. The number of nitrogens with zero attached hydrogens (tertiary/aromatic N) is 3. The molecule has 1 fully saturated rings. The molecule has 0 spiro atoms. The Kier molecular flexibility index (Phi) is 7.69. The van der Waals surface area contributed by atoms with E-state index in [9.17, 15) is 14.4 Å². The quantitative estimate of drug-likeness (QED) is 0.387. The topological polar surface area (TPSA) is 84.3 Å². The van der Waals surface area contributed by atoms with Crippen LogP contribution in [0.15, 0.2) is 23.0 Å². The second-order valence-electron chi connectivity index (χ2n) is 8.72. The van der Waals surface area contributed by atoms with Gasteiger partial charge in [0, 0.05) is 43.3 Å². The number of fused-ring (bicyclic) bond motifs is 1. The van der Waals surface area contributed by atoms with Crippen molar-refractivity contribution in [1.82, 2.24) is 19.8 Å². The van der Waals surface area contributed by atoms with Gasteiger partial charge in [-0.3, -0.25) is 19.0 Å². The number of amides is 2. The smallest absolute Gasteiger partial charge is 0.258 e. The molecule has 2 heterocycles. The molecule has 0 bridgehead atoms. The first-order chi connectivity index (χ1) is 15.7. The lowest BCUT2D eigenvalue weighted by atomic mass is 9.85. The summed E-state index contributed by atoms with van der Waals surface area (Å²) in [6.45, 7) is 2.22. The molecule has 2 aliphatic rings. The van der Waals surface area contributed by atoms with Gasteiger partial charge in [0.2, 0.25) is 11.2 Å². The van der Waals surface area contributed by atoms with Crippen LogP contribution in [0.4, 0.5) is 0 Å². The zero-order valence-electron chi connectivity index (χ0n) is 18.4. The van der Waals surface area contributed by atoms with Crippen LogP contribution in [-0.4, -0.2) is 39.4 Å². The molecule has 1 atom stereocenters. The van der Waals surface area contributed by atoms with Crippen LogP contribution in [-0.2, 0) is 17.8 Å². The fourth-order valence-electron chi connectivity index (χ4n) is 4.83. The number of aromatic nitrogens is 2. The van der Waals surface area contributed by atoms with Crippen LogP contribution in [0.5, 0.6) is 0 Å². The molecule has 1 N–H and O–H groups in total. The highest BCUT2D eigenvalue weighted by molar-refractivity contribution is 14.1. The van der Waals surface area contributed by atoms with Gasteiger partial charge in [0.25, 0.3) is 11.5 Å². The van der Waals surface area contributed by atoms with Crippen molar-refractivity contribution in [1.29, 1.82) is 0 Å². The first-order valence-electron chi connectivity index (χ1n) is 11.0. The first kappa shape index (κ1) is 24.9. The van der Waals surface area contributed by atoms with E-state index < -0.39 is 0 Å². The Bertz CT molecular complexity index is 1160. The lowest BCUT2D eigenvalue weighted by molar-refractivity contribution is -0.125. The monoisotopic (exact) mass is 694 g/mol. The number of benzene rings is 1. The predicted octanol–water partition coefficient (Wildman–Crippen LogP) is 4.17. The Morgan fingerprint density at radius 3 is 2.48 bits per heavy atom. The van der Waals surface area contributed by atoms with E-state index in [1.807, 2.05) is 25.1 Å². The van der Waals surface area contributed by atoms with Crippen LogP contribution >= 0.6 is 56.8 Å². The number of hydrogen-bond donors (Lipinski definition) is 1. The summed E-state index contributed by atoms with van der Waals surface area (Å²) < 4.78 is 3.73. The number of rotatable bonds is 3. The zero-order valence-corrected chi connectivity index (χ0v) is 23.5. The standard InChI is InChI=1S/C23H25ClI2N4O3/c1-12-9-16-19(11-29(12)21(32)14-5-8-17(25)18(26)10-14)28-23(24)30(22(16)33)15-6-3-13(4-7-15)20(31)27-2/h5,8,10,12-13,15H,3-4,6-7,9,11H2,1-2H3,(H,27,31)/t12-,13?,15?/m1/s1. The molecule has 0 unspecified atom stereocenters. The molecule has 1 aliphatic heterocycles. The Morgan fingerprint density at radius 2 is 1.85 bits per heavy atom. The van der Waals surface area contributed by atoms with Crippen LogP contribution in [0.1, 0.15) is 60.3 Å². The van der Waals surface area contributed by atoms with Crippen molar-refractivity contribution in [2.24, 2.45) is 5.92 Å². The van der Waals surface area contributed by atoms with Crippen molar-refractivity contribution < 1.29 is 9.59 Å². The molecular weight excluding hydrogens is 670 g/mol. The highest BCUT2D eigenvalue weighted by atomic mass is 127. The van der Waals surface area contributed by atoms with E-state index in [-0.39, 0.29) is 47.2 Å². The third-order valence-corrected chi connectivity index (χ3v) is 9.84. The second-order valence-corrected chi connectivity index (χ2v) is 11.4. The van der Waals surface area contributed by atoms with Crippen molar-refractivity contribution in [3.8, 4) is 0 Å². The van der Waals surface area contributed by atoms with Gasteiger partial charge in [0.05, 0.1) is 12.2 Å². The molecule has 176 valence electrons. The average Bonchev–Trinajstić information content (AvgIpc) is 2.80. The highest BCUT2D eigenvalue weighted by Crippen LogP contribution is 2.34. The Hall–Kier alpha value is -1.21. The van der Waals surface area contributed by atoms with Crippen molar-refractivity contribution in [3.05, 3.63) is 57.8 Å². The number of nitrogens with one attached hydrogen (secondary N) is 1. The molecule has 1 saturated carbocycles. The van der Waals surface area contributed by atoms with Gasteiger partial charge in [0.1, 0.15) is 0 Å². The number of carbonyl (C=O) groups excluding carboxylic acids is 2. The van der Waals surface area contributed by atoms with Gasteiger partial charge >= 0.3 is 0 Å². The van der Waals surface area contributed by atoms with Gasteiger partial charge in [-0.1, -0.05) is 0 Å². The lowest BCUT2D eigenvalue weighted by Gasteiger charge is -2.35. The van der Waals surface area contributed by atoms with Crippen molar-refractivity contribution in [2.75, 3.05) is 7.05 Å². The average molecular weight is 695 g/mol. The minimum absolute atomic E-state index is 0.0183. The molecule has 1 aromatic carbocycles. The van der Waals surface area contributed by atoms with Gasteiger partial charge in [-0.05, 0) is 114 Å². The molecule has 1 aromatic heterocycles. The molecule has 7 nitrogen and oxygen atoms in total.